The highest BCUT2D eigenvalue weighted by atomic mass is 16.1. The van der Waals surface area contributed by atoms with Gasteiger partial charge in [-0.3, -0.25) is 14.3 Å². The molecule has 0 unspecified atom stereocenters. The first-order chi connectivity index (χ1) is 14.3. The van der Waals surface area contributed by atoms with Crippen LogP contribution in [0.25, 0.3) is 33.2 Å². The fourth-order valence-electron chi connectivity index (χ4n) is 3.21. The summed E-state index contributed by atoms with van der Waals surface area (Å²) in [6.07, 6.45) is 8.19. The Balaban J connectivity index is 1.87. The summed E-state index contributed by atoms with van der Waals surface area (Å²) in [6.45, 7) is 4.06. The van der Waals surface area contributed by atoms with Gasteiger partial charge in [-0.25, -0.2) is 15.0 Å². The van der Waals surface area contributed by atoms with Crippen LogP contribution < -0.4 is 5.56 Å². The zero-order chi connectivity index (χ0) is 19.8. The Kier molecular flexibility index (Phi) is 3.94. The van der Waals surface area contributed by atoms with E-state index in [1.807, 2.05) is 36.4 Å². The molecular weight excluding hydrogens is 366 g/mol. The molecule has 0 aliphatic carbocycles. The summed E-state index contributed by atoms with van der Waals surface area (Å²) in [4.78, 5) is 31.0. The average Bonchev–Trinajstić information content (AvgIpc) is 3.06. The van der Waals surface area contributed by atoms with Crippen LogP contribution in [0.1, 0.15) is 5.56 Å². The molecule has 29 heavy (non-hydrogen) atoms. The highest BCUT2D eigenvalue weighted by molar-refractivity contribution is 6.04. The largest absolute Gasteiger partial charge is 0.295 e. The smallest absolute Gasteiger partial charge is 0.265 e. The minimum Gasteiger partial charge on any atom is -0.295 e. The Labute approximate surface area is 164 Å². The minimum absolute atomic E-state index is 0.206. The number of fused-ring (bicyclic) bond motifs is 4. The number of pyridine rings is 1. The van der Waals surface area contributed by atoms with Gasteiger partial charge in [-0.15, -0.1) is 6.58 Å². The average molecular weight is 381 g/mol. The molecule has 140 valence electrons. The van der Waals surface area contributed by atoms with Crippen molar-refractivity contribution in [1.29, 1.82) is 0 Å². The van der Waals surface area contributed by atoms with Crippen LogP contribution in [0, 0.1) is 0 Å². The summed E-state index contributed by atoms with van der Waals surface area (Å²) in [5, 5.41) is 4.93. The van der Waals surface area contributed by atoms with Crippen LogP contribution in [-0.4, -0.2) is 35.4 Å². The summed E-state index contributed by atoms with van der Waals surface area (Å²) >= 11 is 0. The number of nitrogens with zero attached hydrogens (tertiary/aromatic N) is 7. The number of hydrogen-bond donors (Lipinski definition) is 0. The predicted molar refractivity (Wildman–Crippen MR) is 112 cm³/mol. The van der Waals surface area contributed by atoms with Crippen LogP contribution in [0.15, 0.2) is 77.7 Å². The van der Waals surface area contributed by atoms with E-state index in [0.717, 1.165) is 11.1 Å². The van der Waals surface area contributed by atoms with E-state index in [1.165, 1.54) is 10.9 Å². The van der Waals surface area contributed by atoms with Crippen molar-refractivity contribution < 1.29 is 0 Å². The van der Waals surface area contributed by atoms with Crippen LogP contribution in [0.4, 0.5) is 0 Å². The fraction of sp³-hybridized carbons (Fsp3) is 0.0476. The maximum Gasteiger partial charge on any atom is 0.265 e. The highest BCUT2D eigenvalue weighted by Gasteiger charge is 2.19. The molecule has 5 aromatic rings. The van der Waals surface area contributed by atoms with Gasteiger partial charge in [0.15, 0.2) is 11.3 Å². The van der Waals surface area contributed by atoms with Crippen LogP contribution in [-0.2, 0) is 6.54 Å². The predicted octanol–water partition coefficient (Wildman–Crippen LogP) is 2.76. The van der Waals surface area contributed by atoms with Crippen LogP contribution in [0.3, 0.4) is 0 Å². The number of aromatic nitrogens is 6. The molecule has 0 spiro atoms. The summed E-state index contributed by atoms with van der Waals surface area (Å²) < 4.78 is 3.05. The van der Waals surface area contributed by atoms with Gasteiger partial charge in [0.2, 0.25) is 0 Å². The maximum atomic E-state index is 13.1. The first-order valence-corrected chi connectivity index (χ1v) is 8.98. The molecule has 0 N–H and O–H groups in total. The Morgan fingerprint density at radius 1 is 1.03 bits per heavy atom. The third-order valence-electron chi connectivity index (χ3n) is 4.56. The first kappa shape index (κ1) is 16.9. The number of rotatable bonds is 4. The molecule has 4 aromatic heterocycles. The van der Waals surface area contributed by atoms with E-state index in [-0.39, 0.29) is 5.56 Å². The normalized spacial score (nSPS) is 11.7. The molecular formula is C21H15N7O. The second-order valence-electron chi connectivity index (χ2n) is 6.41. The molecule has 0 radical (unpaired) electrons. The molecule has 8 nitrogen and oxygen atoms in total. The topological polar surface area (TPSA) is 90.8 Å². The molecule has 5 rings (SSSR count). The molecule has 8 heteroatoms. The van der Waals surface area contributed by atoms with E-state index >= 15 is 0 Å². The number of benzene rings is 1. The number of para-hydroxylation sites is 2. The highest BCUT2D eigenvalue weighted by Crippen LogP contribution is 2.24. The molecule has 0 atom stereocenters. The lowest BCUT2D eigenvalue weighted by atomic mass is 10.3. The molecule has 1 aromatic carbocycles. The lowest BCUT2D eigenvalue weighted by molar-refractivity contribution is 0.763. The lowest BCUT2D eigenvalue weighted by Crippen LogP contribution is -2.19. The standard InChI is InChI=1S/C21H15N7O/c1-2-11-27-13-23-19-17(21(27)29)18-20(26-16-6-4-3-5-15(16)25-18)28(19)24-12-14-7-9-22-10-8-14/h2-10,12-13H,1,11H2/b24-12+. The van der Waals surface area contributed by atoms with Crippen LogP contribution in [0.2, 0.25) is 0 Å². The molecule has 0 saturated carbocycles. The molecule has 4 heterocycles. The quantitative estimate of drug-likeness (QED) is 0.353. The van der Waals surface area contributed by atoms with Crippen molar-refractivity contribution in [1.82, 2.24) is 29.2 Å². The first-order valence-electron chi connectivity index (χ1n) is 8.98. The number of allylic oxidation sites excluding steroid dienone is 1. The third-order valence-corrected chi connectivity index (χ3v) is 4.56. The van der Waals surface area contributed by atoms with Crippen molar-refractivity contribution in [3.63, 3.8) is 0 Å². The fourth-order valence-corrected chi connectivity index (χ4v) is 3.21. The molecule has 0 saturated heterocycles. The Bertz CT molecular complexity index is 1470. The zero-order valence-electron chi connectivity index (χ0n) is 15.3. The van der Waals surface area contributed by atoms with E-state index < -0.39 is 0 Å². The van der Waals surface area contributed by atoms with Gasteiger partial charge in [-0.2, -0.15) is 9.78 Å². The van der Waals surface area contributed by atoms with Gasteiger partial charge in [0.1, 0.15) is 17.2 Å². The summed E-state index contributed by atoms with van der Waals surface area (Å²) in [5.41, 5.74) is 3.44. The summed E-state index contributed by atoms with van der Waals surface area (Å²) in [6, 6.07) is 11.2. The van der Waals surface area contributed by atoms with Crippen molar-refractivity contribution in [2.75, 3.05) is 0 Å². The van der Waals surface area contributed by atoms with Crippen molar-refractivity contribution in [2.24, 2.45) is 5.10 Å². The zero-order valence-corrected chi connectivity index (χ0v) is 15.3. The van der Waals surface area contributed by atoms with E-state index in [9.17, 15) is 4.79 Å². The van der Waals surface area contributed by atoms with Crippen molar-refractivity contribution in [3.8, 4) is 0 Å². The molecule has 0 aliphatic heterocycles. The van der Waals surface area contributed by atoms with Gasteiger partial charge >= 0.3 is 0 Å². The van der Waals surface area contributed by atoms with E-state index in [4.69, 9.17) is 9.97 Å². The second kappa shape index (κ2) is 6.75. The molecule has 0 fully saturated rings. The van der Waals surface area contributed by atoms with Crippen molar-refractivity contribution >= 4 is 39.4 Å². The summed E-state index contributed by atoms with van der Waals surface area (Å²) in [5.74, 6) is 0. The van der Waals surface area contributed by atoms with E-state index in [0.29, 0.717) is 34.3 Å². The van der Waals surface area contributed by atoms with Gasteiger partial charge in [0.25, 0.3) is 5.56 Å². The van der Waals surface area contributed by atoms with Gasteiger partial charge in [-0.05, 0) is 29.8 Å². The van der Waals surface area contributed by atoms with E-state index in [2.05, 4.69) is 21.6 Å². The maximum absolute atomic E-state index is 13.1. The van der Waals surface area contributed by atoms with Crippen molar-refractivity contribution in [2.45, 2.75) is 6.54 Å². The molecule has 0 bridgehead atoms. The monoisotopic (exact) mass is 381 g/mol. The van der Waals surface area contributed by atoms with Gasteiger partial charge in [0.05, 0.1) is 17.2 Å². The third kappa shape index (κ3) is 2.78. The van der Waals surface area contributed by atoms with E-state index in [1.54, 1.807) is 29.4 Å². The van der Waals surface area contributed by atoms with Crippen molar-refractivity contribution in [3.05, 3.63) is 83.7 Å². The SMILES string of the molecule is C=CCn1cnc2c(c1=O)c1nc3ccccc3nc1n2/N=C/c1ccncc1. The number of hydrogen-bond acceptors (Lipinski definition) is 6. The van der Waals surface area contributed by atoms with Gasteiger partial charge in [-0.1, -0.05) is 18.2 Å². The molecule has 0 amide bonds. The van der Waals surface area contributed by atoms with Gasteiger partial charge < -0.3 is 0 Å². The lowest BCUT2D eigenvalue weighted by Gasteiger charge is -2.01. The van der Waals surface area contributed by atoms with Gasteiger partial charge in [0, 0.05) is 18.9 Å². The van der Waals surface area contributed by atoms with Crippen LogP contribution >= 0.6 is 0 Å². The molecule has 0 aliphatic rings. The minimum atomic E-state index is -0.206. The Morgan fingerprint density at radius 2 is 1.79 bits per heavy atom. The van der Waals surface area contributed by atoms with Crippen LogP contribution in [0.5, 0.6) is 0 Å². The second-order valence-corrected chi connectivity index (χ2v) is 6.41. The Hall–Kier alpha value is -4.20. The summed E-state index contributed by atoms with van der Waals surface area (Å²) in [7, 11) is 0. The Morgan fingerprint density at radius 3 is 2.55 bits per heavy atom.